The Balaban J connectivity index is 2.07. The molecule has 0 radical (unpaired) electrons. The van der Waals surface area contributed by atoms with E-state index in [0.717, 1.165) is 12.1 Å². The largest absolute Gasteiger partial charge is 0.508 e. The summed E-state index contributed by atoms with van der Waals surface area (Å²) in [5, 5.41) is 39.1. The lowest BCUT2D eigenvalue weighted by Gasteiger charge is -2.19. The summed E-state index contributed by atoms with van der Waals surface area (Å²) in [6.45, 7) is 0. The molecule has 3 rings (SSSR count). The third-order valence-corrected chi connectivity index (χ3v) is 5.29. The van der Waals surface area contributed by atoms with E-state index >= 15 is 0 Å². The SMILES string of the molecule is COc1c(CCc2ccc(O)cc2O)cc(C(=O)C(=O)c2ccc(O)cc2O)c(OC)c1OC. The molecule has 0 unspecified atom stereocenters. The van der Waals surface area contributed by atoms with Crippen LogP contribution in [0.5, 0.6) is 40.2 Å². The standard InChI is InChI=1S/C25H24O9/c1-32-23-14(5-4-13-6-7-15(26)11-19(13)28)10-18(24(33-2)25(23)34-3)22(31)21(30)17-9-8-16(27)12-20(17)29/h6-12,26-29H,4-5H2,1-3H3. The molecule has 0 aliphatic rings. The molecule has 0 aromatic heterocycles. The summed E-state index contributed by atoms with van der Waals surface area (Å²) in [4.78, 5) is 26.1. The quantitative estimate of drug-likeness (QED) is 0.274. The van der Waals surface area contributed by atoms with Gasteiger partial charge in [0.25, 0.3) is 0 Å². The van der Waals surface area contributed by atoms with E-state index in [1.165, 1.54) is 45.6 Å². The van der Waals surface area contributed by atoms with E-state index in [1.54, 1.807) is 6.07 Å². The summed E-state index contributed by atoms with van der Waals surface area (Å²) in [7, 11) is 4.09. The highest BCUT2D eigenvalue weighted by Crippen LogP contribution is 2.44. The second-order valence-electron chi connectivity index (χ2n) is 7.36. The Labute approximate surface area is 195 Å². The summed E-state index contributed by atoms with van der Waals surface area (Å²) in [5.74, 6) is -2.57. The molecule has 0 fully saturated rings. The van der Waals surface area contributed by atoms with Gasteiger partial charge in [0.2, 0.25) is 17.3 Å². The number of carbonyl (C=O) groups is 2. The average Bonchev–Trinajstić information content (AvgIpc) is 2.81. The van der Waals surface area contributed by atoms with Crippen LogP contribution in [0.15, 0.2) is 42.5 Å². The molecule has 0 heterocycles. The number of rotatable bonds is 9. The fourth-order valence-corrected chi connectivity index (χ4v) is 3.63. The number of phenolic OH excluding ortho intramolecular Hbond substituents is 4. The van der Waals surface area contributed by atoms with Gasteiger partial charge in [0.1, 0.15) is 23.0 Å². The first-order valence-corrected chi connectivity index (χ1v) is 10.2. The van der Waals surface area contributed by atoms with Crippen LogP contribution in [0.1, 0.15) is 31.8 Å². The van der Waals surface area contributed by atoms with Crippen LogP contribution in [-0.2, 0) is 12.8 Å². The number of Topliss-reactive ketones (excluding diaryl/α,β-unsaturated/α-hetero) is 2. The van der Waals surface area contributed by atoms with Crippen LogP contribution in [0.4, 0.5) is 0 Å². The van der Waals surface area contributed by atoms with Gasteiger partial charge >= 0.3 is 0 Å². The van der Waals surface area contributed by atoms with Crippen LogP contribution in [0.3, 0.4) is 0 Å². The average molecular weight is 468 g/mol. The third-order valence-electron chi connectivity index (χ3n) is 5.29. The Kier molecular flexibility index (Phi) is 7.15. The van der Waals surface area contributed by atoms with Crippen molar-refractivity contribution in [2.45, 2.75) is 12.8 Å². The lowest BCUT2D eigenvalue weighted by molar-refractivity contribution is 0.0812. The lowest BCUT2D eigenvalue weighted by atomic mass is 9.94. The van der Waals surface area contributed by atoms with Crippen LogP contribution in [0, 0.1) is 0 Å². The summed E-state index contributed by atoms with van der Waals surface area (Å²) in [6, 6.07) is 8.96. The summed E-state index contributed by atoms with van der Waals surface area (Å²) < 4.78 is 16.3. The molecule has 0 saturated heterocycles. The Hall–Kier alpha value is -4.40. The number of hydrogen-bond acceptors (Lipinski definition) is 9. The number of carbonyl (C=O) groups excluding carboxylic acids is 2. The highest BCUT2D eigenvalue weighted by atomic mass is 16.5. The molecule has 0 saturated carbocycles. The first kappa shape index (κ1) is 24.2. The van der Waals surface area contributed by atoms with Gasteiger partial charge in [-0.25, -0.2) is 0 Å². The monoisotopic (exact) mass is 468 g/mol. The van der Waals surface area contributed by atoms with Crippen LogP contribution >= 0.6 is 0 Å². The highest BCUT2D eigenvalue weighted by Gasteiger charge is 2.29. The number of ether oxygens (including phenoxy) is 3. The van der Waals surface area contributed by atoms with Crippen molar-refractivity contribution in [1.29, 1.82) is 0 Å². The van der Waals surface area contributed by atoms with Gasteiger partial charge < -0.3 is 34.6 Å². The van der Waals surface area contributed by atoms with Crippen LogP contribution in [-0.4, -0.2) is 53.3 Å². The van der Waals surface area contributed by atoms with E-state index in [9.17, 15) is 30.0 Å². The Morgan fingerprint density at radius 1 is 0.618 bits per heavy atom. The predicted octanol–water partition coefficient (Wildman–Crippen LogP) is 3.39. The van der Waals surface area contributed by atoms with Crippen molar-refractivity contribution >= 4 is 11.6 Å². The van der Waals surface area contributed by atoms with Crippen molar-refractivity contribution in [3.8, 4) is 40.2 Å². The van der Waals surface area contributed by atoms with Crippen molar-refractivity contribution in [3.63, 3.8) is 0 Å². The number of ketones is 2. The Morgan fingerprint density at radius 3 is 1.71 bits per heavy atom. The van der Waals surface area contributed by atoms with Gasteiger partial charge in [-0.2, -0.15) is 0 Å². The van der Waals surface area contributed by atoms with Gasteiger partial charge in [-0.15, -0.1) is 0 Å². The summed E-state index contributed by atoms with van der Waals surface area (Å²) >= 11 is 0. The van der Waals surface area contributed by atoms with E-state index in [2.05, 4.69) is 0 Å². The van der Waals surface area contributed by atoms with Crippen molar-refractivity contribution in [2.75, 3.05) is 21.3 Å². The molecular formula is C25H24O9. The van der Waals surface area contributed by atoms with Gasteiger partial charge in [0, 0.05) is 12.1 Å². The molecule has 4 N–H and O–H groups in total. The maximum absolute atomic E-state index is 13.2. The van der Waals surface area contributed by atoms with Crippen LogP contribution in [0.25, 0.3) is 0 Å². The predicted molar refractivity (Wildman–Crippen MR) is 122 cm³/mol. The minimum atomic E-state index is -1.01. The molecule has 9 heteroatoms. The van der Waals surface area contributed by atoms with Crippen LogP contribution < -0.4 is 14.2 Å². The van der Waals surface area contributed by atoms with Crippen molar-refractivity contribution in [3.05, 3.63) is 64.7 Å². The minimum absolute atomic E-state index is 0.0211. The maximum Gasteiger partial charge on any atom is 0.237 e. The fourth-order valence-electron chi connectivity index (χ4n) is 3.63. The Morgan fingerprint density at radius 2 is 1.15 bits per heavy atom. The van der Waals surface area contributed by atoms with E-state index < -0.39 is 17.3 Å². The molecule has 0 bridgehead atoms. The summed E-state index contributed by atoms with van der Waals surface area (Å²) in [5.41, 5.74) is 0.657. The second-order valence-corrected chi connectivity index (χ2v) is 7.36. The molecule has 34 heavy (non-hydrogen) atoms. The van der Waals surface area contributed by atoms with Gasteiger partial charge in [0.05, 0.1) is 32.5 Å². The normalized spacial score (nSPS) is 10.6. The van der Waals surface area contributed by atoms with Crippen LogP contribution in [0.2, 0.25) is 0 Å². The van der Waals surface area contributed by atoms with E-state index in [4.69, 9.17) is 14.2 Å². The number of benzene rings is 3. The van der Waals surface area contributed by atoms with E-state index in [1.807, 2.05) is 0 Å². The number of hydrogen-bond donors (Lipinski definition) is 4. The first-order chi connectivity index (χ1) is 16.2. The van der Waals surface area contributed by atoms with E-state index in [-0.39, 0.29) is 52.0 Å². The molecule has 0 aliphatic heterocycles. The van der Waals surface area contributed by atoms with E-state index in [0.29, 0.717) is 17.5 Å². The molecule has 0 aliphatic carbocycles. The van der Waals surface area contributed by atoms with Gasteiger partial charge in [-0.05, 0) is 48.2 Å². The van der Waals surface area contributed by atoms with Gasteiger partial charge in [-0.3, -0.25) is 9.59 Å². The molecule has 178 valence electrons. The molecule has 0 amide bonds. The lowest BCUT2D eigenvalue weighted by Crippen LogP contribution is -2.17. The zero-order chi connectivity index (χ0) is 25.0. The van der Waals surface area contributed by atoms with Gasteiger partial charge in [0.15, 0.2) is 11.5 Å². The van der Waals surface area contributed by atoms with Gasteiger partial charge in [-0.1, -0.05) is 6.07 Å². The minimum Gasteiger partial charge on any atom is -0.508 e. The Bertz CT molecular complexity index is 1250. The maximum atomic E-state index is 13.2. The van der Waals surface area contributed by atoms with Crippen molar-refractivity contribution < 1.29 is 44.2 Å². The third kappa shape index (κ3) is 4.68. The molecule has 9 nitrogen and oxygen atoms in total. The number of aromatic hydroxyl groups is 4. The van der Waals surface area contributed by atoms with Crippen molar-refractivity contribution in [1.82, 2.24) is 0 Å². The molecule has 0 spiro atoms. The van der Waals surface area contributed by atoms with Crippen molar-refractivity contribution in [2.24, 2.45) is 0 Å². The number of methoxy groups -OCH3 is 3. The zero-order valence-corrected chi connectivity index (χ0v) is 18.8. The molecule has 3 aromatic rings. The molecule has 3 aromatic carbocycles. The fraction of sp³-hybridized carbons (Fsp3) is 0.200. The topological polar surface area (TPSA) is 143 Å². The summed E-state index contributed by atoms with van der Waals surface area (Å²) in [6.07, 6.45) is 0.596. The molecular weight excluding hydrogens is 444 g/mol. The second kappa shape index (κ2) is 10.0. The first-order valence-electron chi connectivity index (χ1n) is 10.2. The zero-order valence-electron chi connectivity index (χ0n) is 18.8. The highest BCUT2D eigenvalue weighted by molar-refractivity contribution is 6.50. The number of phenols is 4. The number of aryl methyl sites for hydroxylation is 2. The smallest absolute Gasteiger partial charge is 0.237 e. The molecule has 0 atom stereocenters.